The average molecular weight is 349 g/mol. The van der Waals surface area contributed by atoms with Gasteiger partial charge in [-0.25, -0.2) is 0 Å². The molecular formula is C21H19NO4. The van der Waals surface area contributed by atoms with Gasteiger partial charge in [-0.15, -0.1) is 0 Å². The van der Waals surface area contributed by atoms with E-state index in [4.69, 9.17) is 14.2 Å². The Morgan fingerprint density at radius 2 is 1.65 bits per heavy atom. The van der Waals surface area contributed by atoms with Crippen molar-refractivity contribution in [3.8, 4) is 17.2 Å². The zero-order valence-electron chi connectivity index (χ0n) is 14.4. The summed E-state index contributed by atoms with van der Waals surface area (Å²) in [7, 11) is 1.58. The van der Waals surface area contributed by atoms with E-state index in [1.54, 1.807) is 25.6 Å². The number of ether oxygens (including phenoxy) is 3. The highest BCUT2D eigenvalue weighted by Crippen LogP contribution is 2.25. The molecule has 1 aromatic heterocycles. The summed E-state index contributed by atoms with van der Waals surface area (Å²) in [5.41, 5.74) is 1.57. The van der Waals surface area contributed by atoms with E-state index < -0.39 is 0 Å². The molecule has 0 aliphatic rings. The lowest BCUT2D eigenvalue weighted by atomic mass is 10.1. The zero-order valence-corrected chi connectivity index (χ0v) is 14.4. The lowest BCUT2D eigenvalue weighted by molar-refractivity contribution is -0.144. The molecule has 5 heteroatoms. The number of aromatic nitrogens is 1. The van der Waals surface area contributed by atoms with Crippen molar-refractivity contribution in [1.29, 1.82) is 0 Å². The summed E-state index contributed by atoms with van der Waals surface area (Å²) < 4.78 is 16.5. The van der Waals surface area contributed by atoms with E-state index >= 15 is 0 Å². The van der Waals surface area contributed by atoms with Crippen molar-refractivity contribution in [1.82, 2.24) is 4.98 Å². The third kappa shape index (κ3) is 4.60. The van der Waals surface area contributed by atoms with Gasteiger partial charge in [0.15, 0.2) is 0 Å². The van der Waals surface area contributed by atoms with Crippen LogP contribution in [0.2, 0.25) is 0 Å². The van der Waals surface area contributed by atoms with Crippen LogP contribution in [0.25, 0.3) is 0 Å². The largest absolute Gasteiger partial charge is 0.496 e. The Morgan fingerprint density at radius 3 is 2.38 bits per heavy atom. The number of methoxy groups -OCH3 is 1. The molecule has 0 fully saturated rings. The van der Waals surface area contributed by atoms with Gasteiger partial charge in [-0.3, -0.25) is 9.78 Å². The molecule has 1 heterocycles. The van der Waals surface area contributed by atoms with E-state index in [2.05, 4.69) is 4.98 Å². The van der Waals surface area contributed by atoms with Gasteiger partial charge in [-0.2, -0.15) is 0 Å². The lowest BCUT2D eigenvalue weighted by Gasteiger charge is -2.12. The number of pyridine rings is 1. The molecule has 0 amide bonds. The highest BCUT2D eigenvalue weighted by atomic mass is 16.5. The Bertz CT molecular complexity index is 865. The Hall–Kier alpha value is -3.34. The summed E-state index contributed by atoms with van der Waals surface area (Å²) in [6, 6.07) is 18.4. The van der Waals surface area contributed by atoms with Crippen LogP contribution in [0.15, 0.2) is 73.1 Å². The second-order valence-corrected chi connectivity index (χ2v) is 5.55. The van der Waals surface area contributed by atoms with Gasteiger partial charge < -0.3 is 14.2 Å². The Balaban J connectivity index is 1.63. The molecule has 2 aromatic carbocycles. The van der Waals surface area contributed by atoms with Gasteiger partial charge in [-0.05, 0) is 24.3 Å². The van der Waals surface area contributed by atoms with E-state index in [0.29, 0.717) is 17.2 Å². The molecule has 0 saturated carbocycles. The molecule has 3 rings (SSSR count). The summed E-state index contributed by atoms with van der Waals surface area (Å²) in [4.78, 5) is 16.2. The minimum atomic E-state index is -0.328. The van der Waals surface area contributed by atoms with Gasteiger partial charge in [0.1, 0.15) is 23.9 Å². The number of esters is 1. The van der Waals surface area contributed by atoms with E-state index in [-0.39, 0.29) is 19.0 Å². The van der Waals surface area contributed by atoms with Crippen LogP contribution in [0.4, 0.5) is 0 Å². The van der Waals surface area contributed by atoms with E-state index in [1.807, 2.05) is 54.6 Å². The van der Waals surface area contributed by atoms with Gasteiger partial charge >= 0.3 is 5.97 Å². The van der Waals surface area contributed by atoms with Crippen molar-refractivity contribution < 1.29 is 19.0 Å². The molecule has 0 N–H and O–H groups in total. The summed E-state index contributed by atoms with van der Waals surface area (Å²) in [5.74, 6) is 1.60. The van der Waals surface area contributed by atoms with Crippen LogP contribution in [0, 0.1) is 0 Å². The number of carbonyl (C=O) groups is 1. The molecule has 26 heavy (non-hydrogen) atoms. The minimum Gasteiger partial charge on any atom is -0.496 e. The molecule has 0 atom stereocenters. The molecular weight excluding hydrogens is 330 g/mol. The molecule has 0 saturated heterocycles. The Labute approximate surface area is 152 Å². The monoisotopic (exact) mass is 349 g/mol. The second-order valence-electron chi connectivity index (χ2n) is 5.55. The van der Waals surface area contributed by atoms with Crippen molar-refractivity contribution in [2.75, 3.05) is 7.11 Å². The van der Waals surface area contributed by atoms with Crippen LogP contribution in [-0.4, -0.2) is 18.1 Å². The predicted molar refractivity (Wildman–Crippen MR) is 97.2 cm³/mol. The standard InChI is InChI=1S/C21H19NO4/c1-24-19-10-4-2-7-16(19)13-21(23)25-15-17-8-3-5-11-20(17)26-18-9-6-12-22-14-18/h2-12,14H,13,15H2,1H3. The third-order valence-electron chi connectivity index (χ3n) is 3.75. The molecule has 0 aliphatic carbocycles. The number of hydrogen-bond donors (Lipinski definition) is 0. The van der Waals surface area contributed by atoms with Crippen LogP contribution in [0.5, 0.6) is 17.2 Å². The molecule has 0 radical (unpaired) electrons. The summed E-state index contributed by atoms with van der Waals surface area (Å²) in [6.45, 7) is 0.129. The van der Waals surface area contributed by atoms with Gasteiger partial charge in [0, 0.05) is 17.3 Å². The summed E-state index contributed by atoms with van der Waals surface area (Å²) in [5, 5.41) is 0. The fourth-order valence-electron chi connectivity index (χ4n) is 2.47. The first-order chi connectivity index (χ1) is 12.8. The minimum absolute atomic E-state index is 0.129. The number of rotatable bonds is 7. The third-order valence-corrected chi connectivity index (χ3v) is 3.75. The first-order valence-corrected chi connectivity index (χ1v) is 8.19. The first kappa shape index (κ1) is 17.5. The highest BCUT2D eigenvalue weighted by molar-refractivity contribution is 5.73. The molecule has 0 unspecified atom stereocenters. The van der Waals surface area contributed by atoms with Gasteiger partial charge in [0.2, 0.25) is 0 Å². The van der Waals surface area contributed by atoms with Crippen molar-refractivity contribution >= 4 is 5.97 Å². The maximum Gasteiger partial charge on any atom is 0.310 e. The van der Waals surface area contributed by atoms with Crippen LogP contribution < -0.4 is 9.47 Å². The van der Waals surface area contributed by atoms with E-state index in [0.717, 1.165) is 11.1 Å². The Kier molecular flexibility index (Phi) is 5.83. The molecule has 0 aliphatic heterocycles. The molecule has 5 nitrogen and oxygen atoms in total. The van der Waals surface area contributed by atoms with Gasteiger partial charge in [0.25, 0.3) is 0 Å². The number of nitrogens with zero attached hydrogens (tertiary/aromatic N) is 1. The summed E-state index contributed by atoms with van der Waals surface area (Å²) >= 11 is 0. The molecule has 0 spiro atoms. The normalized spacial score (nSPS) is 10.2. The predicted octanol–water partition coefficient (Wildman–Crippen LogP) is 4.17. The molecule has 132 valence electrons. The smallest absolute Gasteiger partial charge is 0.310 e. The maximum absolute atomic E-state index is 12.2. The second kappa shape index (κ2) is 8.67. The zero-order chi connectivity index (χ0) is 18.2. The van der Waals surface area contributed by atoms with Crippen LogP contribution in [-0.2, 0) is 22.6 Å². The molecule has 3 aromatic rings. The van der Waals surface area contributed by atoms with Crippen molar-refractivity contribution in [2.24, 2.45) is 0 Å². The van der Waals surface area contributed by atoms with Crippen LogP contribution >= 0.6 is 0 Å². The summed E-state index contributed by atoms with van der Waals surface area (Å²) in [6.07, 6.45) is 3.46. The highest BCUT2D eigenvalue weighted by Gasteiger charge is 2.11. The maximum atomic E-state index is 12.2. The average Bonchev–Trinajstić information content (AvgIpc) is 2.68. The number of benzene rings is 2. The van der Waals surface area contributed by atoms with Crippen molar-refractivity contribution in [3.05, 3.63) is 84.2 Å². The SMILES string of the molecule is COc1ccccc1CC(=O)OCc1ccccc1Oc1cccnc1. The lowest BCUT2D eigenvalue weighted by Crippen LogP contribution is -2.09. The topological polar surface area (TPSA) is 57.7 Å². The van der Waals surface area contributed by atoms with Gasteiger partial charge in [-0.1, -0.05) is 36.4 Å². The molecule has 0 bridgehead atoms. The fourth-order valence-corrected chi connectivity index (χ4v) is 2.47. The number of hydrogen-bond acceptors (Lipinski definition) is 5. The van der Waals surface area contributed by atoms with E-state index in [1.165, 1.54) is 0 Å². The number of carbonyl (C=O) groups excluding carboxylic acids is 1. The fraction of sp³-hybridized carbons (Fsp3) is 0.143. The first-order valence-electron chi connectivity index (χ1n) is 8.19. The quantitative estimate of drug-likeness (QED) is 0.599. The van der Waals surface area contributed by atoms with Crippen molar-refractivity contribution in [2.45, 2.75) is 13.0 Å². The van der Waals surface area contributed by atoms with Gasteiger partial charge in [0.05, 0.1) is 19.7 Å². The van der Waals surface area contributed by atoms with E-state index in [9.17, 15) is 4.79 Å². The van der Waals surface area contributed by atoms with Crippen LogP contribution in [0.1, 0.15) is 11.1 Å². The number of para-hydroxylation sites is 2. The van der Waals surface area contributed by atoms with Crippen molar-refractivity contribution in [3.63, 3.8) is 0 Å². The Morgan fingerprint density at radius 1 is 0.923 bits per heavy atom. The van der Waals surface area contributed by atoms with Crippen LogP contribution in [0.3, 0.4) is 0 Å².